The Labute approximate surface area is 172 Å². The summed E-state index contributed by atoms with van der Waals surface area (Å²) < 4.78 is 3.04. The topological polar surface area (TPSA) is 63.1 Å². The summed E-state index contributed by atoms with van der Waals surface area (Å²) in [5.74, 6) is -0.0782. The lowest BCUT2D eigenvalue weighted by molar-refractivity contribution is -0.121. The lowest BCUT2D eigenvalue weighted by Crippen LogP contribution is -2.27. The highest BCUT2D eigenvalue weighted by Gasteiger charge is 2.23. The van der Waals surface area contributed by atoms with Gasteiger partial charge in [0, 0.05) is 39.2 Å². The smallest absolute Gasteiger partial charge is 0.251 e. The summed E-state index contributed by atoms with van der Waals surface area (Å²) in [6, 6.07) is 15.8. The van der Waals surface area contributed by atoms with Crippen molar-refractivity contribution >= 4 is 38.6 Å². The highest BCUT2D eigenvalue weighted by molar-refractivity contribution is 9.10. The van der Waals surface area contributed by atoms with Crippen LogP contribution in [0.5, 0.6) is 0 Å². The van der Waals surface area contributed by atoms with E-state index in [2.05, 4.69) is 26.6 Å². The minimum atomic E-state index is -0.0492. The van der Waals surface area contributed by atoms with Gasteiger partial charge in [-0.25, -0.2) is 0 Å². The molecule has 1 aliphatic carbocycles. The van der Waals surface area contributed by atoms with Gasteiger partial charge in [-0.3, -0.25) is 9.59 Å². The first-order valence-corrected chi connectivity index (χ1v) is 10.2. The molecule has 0 radical (unpaired) electrons. The minimum Gasteiger partial charge on any atom is -0.350 e. The summed E-state index contributed by atoms with van der Waals surface area (Å²) in [5, 5.41) is 7.04. The fourth-order valence-electron chi connectivity index (χ4n) is 3.26. The van der Waals surface area contributed by atoms with Crippen LogP contribution in [0.2, 0.25) is 0 Å². The van der Waals surface area contributed by atoms with E-state index in [1.807, 2.05) is 47.9 Å². The highest BCUT2D eigenvalue weighted by atomic mass is 79.9. The van der Waals surface area contributed by atoms with Crippen molar-refractivity contribution in [3.05, 3.63) is 69.8 Å². The quantitative estimate of drug-likeness (QED) is 0.611. The van der Waals surface area contributed by atoms with Crippen LogP contribution in [0.3, 0.4) is 0 Å². The van der Waals surface area contributed by atoms with Gasteiger partial charge in [0.15, 0.2) is 0 Å². The molecule has 1 fully saturated rings. The van der Waals surface area contributed by atoms with E-state index in [1.54, 1.807) is 12.1 Å². The minimum absolute atomic E-state index is 0.0291. The molecule has 2 amide bonds. The fraction of sp³-hybridized carbons (Fsp3) is 0.273. The van der Waals surface area contributed by atoms with Crippen LogP contribution in [-0.2, 0) is 17.9 Å². The van der Waals surface area contributed by atoms with Gasteiger partial charge in [-0.2, -0.15) is 0 Å². The molecule has 4 rings (SSSR count). The van der Waals surface area contributed by atoms with Gasteiger partial charge in [0.2, 0.25) is 5.91 Å². The Balaban J connectivity index is 1.37. The molecule has 1 aliphatic rings. The van der Waals surface area contributed by atoms with E-state index in [0.717, 1.165) is 39.5 Å². The number of fused-ring (bicyclic) bond motifs is 1. The number of aromatic nitrogens is 1. The largest absolute Gasteiger partial charge is 0.350 e. The van der Waals surface area contributed by atoms with Crippen molar-refractivity contribution in [1.82, 2.24) is 15.2 Å². The van der Waals surface area contributed by atoms with E-state index in [-0.39, 0.29) is 18.4 Å². The Morgan fingerprint density at radius 3 is 2.54 bits per heavy atom. The van der Waals surface area contributed by atoms with Crippen LogP contribution in [0.1, 0.15) is 34.5 Å². The molecule has 2 aromatic carbocycles. The third-order valence-corrected chi connectivity index (χ3v) is 6.07. The zero-order valence-electron chi connectivity index (χ0n) is 15.7. The van der Waals surface area contributed by atoms with Crippen molar-refractivity contribution in [1.29, 1.82) is 0 Å². The molecule has 144 valence electrons. The van der Waals surface area contributed by atoms with Crippen molar-refractivity contribution in [2.75, 3.05) is 0 Å². The zero-order valence-corrected chi connectivity index (χ0v) is 17.3. The predicted molar refractivity (Wildman–Crippen MR) is 113 cm³/mol. The lowest BCUT2D eigenvalue weighted by Gasteiger charge is -2.10. The number of hydrogen-bond donors (Lipinski definition) is 2. The molecule has 0 aliphatic heterocycles. The Bertz CT molecular complexity index is 1040. The molecule has 0 spiro atoms. The Hall–Kier alpha value is -2.60. The summed E-state index contributed by atoms with van der Waals surface area (Å²) in [5.41, 5.74) is 3.68. The molecule has 0 bridgehead atoms. The molecule has 0 atom stereocenters. The van der Waals surface area contributed by atoms with Gasteiger partial charge in [-0.15, -0.1) is 0 Å². The van der Waals surface area contributed by atoms with Crippen LogP contribution in [0.25, 0.3) is 10.9 Å². The standard InChI is InChI=1S/C22H22BrN3O2/c1-14-21(23)18-4-2-3-5-19(18)26(14)13-20(27)24-12-15-6-8-16(9-7-15)22(28)25-17-10-11-17/h2-9,17H,10-13H2,1H3,(H,24,27)(H,25,28). The van der Waals surface area contributed by atoms with Gasteiger partial charge in [0.05, 0.1) is 0 Å². The molecular formula is C22H22BrN3O2. The maximum absolute atomic E-state index is 12.5. The fourth-order valence-corrected chi connectivity index (χ4v) is 3.81. The molecule has 1 aromatic heterocycles. The summed E-state index contributed by atoms with van der Waals surface area (Å²) in [7, 11) is 0. The second-order valence-electron chi connectivity index (χ2n) is 7.22. The van der Waals surface area contributed by atoms with Crippen LogP contribution < -0.4 is 10.6 Å². The first-order chi connectivity index (χ1) is 13.5. The molecule has 3 aromatic rings. The molecule has 0 unspecified atom stereocenters. The van der Waals surface area contributed by atoms with Crippen molar-refractivity contribution < 1.29 is 9.59 Å². The van der Waals surface area contributed by atoms with Crippen LogP contribution in [-0.4, -0.2) is 22.4 Å². The van der Waals surface area contributed by atoms with Gasteiger partial charge in [0.1, 0.15) is 6.54 Å². The van der Waals surface area contributed by atoms with E-state index in [0.29, 0.717) is 18.2 Å². The molecule has 0 saturated heterocycles. The number of carbonyl (C=O) groups excluding carboxylic acids is 2. The van der Waals surface area contributed by atoms with Gasteiger partial charge in [0.25, 0.3) is 5.91 Å². The Morgan fingerprint density at radius 1 is 1.11 bits per heavy atom. The lowest BCUT2D eigenvalue weighted by atomic mass is 10.1. The van der Waals surface area contributed by atoms with E-state index >= 15 is 0 Å². The number of nitrogens with zero attached hydrogens (tertiary/aromatic N) is 1. The number of benzene rings is 2. The van der Waals surface area contributed by atoms with Gasteiger partial charge < -0.3 is 15.2 Å². The highest BCUT2D eigenvalue weighted by Crippen LogP contribution is 2.30. The van der Waals surface area contributed by atoms with Crippen molar-refractivity contribution in [3.63, 3.8) is 0 Å². The number of halogens is 1. The van der Waals surface area contributed by atoms with Crippen molar-refractivity contribution in [2.45, 2.75) is 38.9 Å². The molecule has 2 N–H and O–H groups in total. The SMILES string of the molecule is Cc1c(Br)c2ccccc2n1CC(=O)NCc1ccc(C(=O)NC2CC2)cc1. The summed E-state index contributed by atoms with van der Waals surface area (Å²) in [6.07, 6.45) is 2.14. The third kappa shape index (κ3) is 3.97. The Morgan fingerprint density at radius 2 is 1.82 bits per heavy atom. The molecule has 6 heteroatoms. The van der Waals surface area contributed by atoms with Gasteiger partial charge in [-0.05, 0) is 59.5 Å². The third-order valence-electron chi connectivity index (χ3n) is 5.07. The van der Waals surface area contributed by atoms with E-state index in [4.69, 9.17) is 0 Å². The normalized spacial score (nSPS) is 13.5. The molecule has 1 saturated carbocycles. The second-order valence-corrected chi connectivity index (χ2v) is 8.02. The van der Waals surface area contributed by atoms with Crippen LogP contribution in [0.4, 0.5) is 0 Å². The molecule has 1 heterocycles. The van der Waals surface area contributed by atoms with Crippen LogP contribution in [0, 0.1) is 6.92 Å². The van der Waals surface area contributed by atoms with E-state index in [1.165, 1.54) is 0 Å². The molecule has 5 nitrogen and oxygen atoms in total. The first-order valence-electron chi connectivity index (χ1n) is 9.43. The Kier molecular flexibility index (Phi) is 5.22. The molecule has 28 heavy (non-hydrogen) atoms. The average molecular weight is 440 g/mol. The maximum atomic E-state index is 12.5. The monoisotopic (exact) mass is 439 g/mol. The number of amides is 2. The molecular weight excluding hydrogens is 418 g/mol. The zero-order chi connectivity index (χ0) is 19.7. The van der Waals surface area contributed by atoms with Gasteiger partial charge >= 0.3 is 0 Å². The summed E-state index contributed by atoms with van der Waals surface area (Å²) >= 11 is 3.62. The number of hydrogen-bond acceptors (Lipinski definition) is 2. The van der Waals surface area contributed by atoms with E-state index < -0.39 is 0 Å². The van der Waals surface area contributed by atoms with Crippen LogP contribution >= 0.6 is 15.9 Å². The number of para-hydroxylation sites is 1. The predicted octanol–water partition coefficient (Wildman–Crippen LogP) is 3.92. The summed E-state index contributed by atoms with van der Waals surface area (Å²) in [4.78, 5) is 24.5. The number of carbonyl (C=O) groups is 2. The first kappa shape index (κ1) is 18.7. The van der Waals surface area contributed by atoms with Crippen molar-refractivity contribution in [3.8, 4) is 0 Å². The average Bonchev–Trinajstić information content (AvgIpc) is 3.50. The van der Waals surface area contributed by atoms with E-state index in [9.17, 15) is 9.59 Å². The summed E-state index contributed by atoms with van der Waals surface area (Å²) in [6.45, 7) is 2.70. The number of rotatable bonds is 6. The van der Waals surface area contributed by atoms with Crippen molar-refractivity contribution in [2.24, 2.45) is 0 Å². The van der Waals surface area contributed by atoms with Gasteiger partial charge in [-0.1, -0.05) is 30.3 Å². The maximum Gasteiger partial charge on any atom is 0.251 e. The van der Waals surface area contributed by atoms with Crippen LogP contribution in [0.15, 0.2) is 53.0 Å². The number of nitrogens with one attached hydrogen (secondary N) is 2. The second kappa shape index (κ2) is 7.80.